The average Bonchev–Trinajstić information content (AvgIpc) is 3.28. The normalized spacial score (nSPS) is 25.8. The predicted octanol–water partition coefficient (Wildman–Crippen LogP) is 3.19. The Hall–Kier alpha value is -1.36. The summed E-state index contributed by atoms with van der Waals surface area (Å²) in [5, 5.41) is 3.94. The van der Waals surface area contributed by atoms with Crippen molar-refractivity contribution in [2.45, 2.75) is 70.9 Å². The van der Waals surface area contributed by atoms with E-state index < -0.39 is 0 Å². The standard InChI is InChI=1S/C21H39N5/c1-3-5-10-23-12-14-25(18-23)16-20-8-7-9-21(22-20)17-26-15-13-24(19-26)11-6-4-2/h12-15,20-22H,3-11,16-19H2,1-2H3/t20-,21?/m1/s1. The minimum Gasteiger partial charge on any atom is -0.359 e. The summed E-state index contributed by atoms with van der Waals surface area (Å²) in [6, 6.07) is 1.26. The highest BCUT2D eigenvalue weighted by molar-refractivity contribution is 4.96. The fourth-order valence-electron chi connectivity index (χ4n) is 4.25. The van der Waals surface area contributed by atoms with Gasteiger partial charge in [-0.3, -0.25) is 0 Å². The quantitative estimate of drug-likeness (QED) is 0.644. The highest BCUT2D eigenvalue weighted by Crippen LogP contribution is 2.18. The molecule has 3 aliphatic heterocycles. The van der Waals surface area contributed by atoms with Crippen LogP contribution in [0.15, 0.2) is 24.8 Å². The average molecular weight is 362 g/mol. The molecule has 0 aromatic carbocycles. The highest BCUT2D eigenvalue weighted by atomic mass is 15.4. The van der Waals surface area contributed by atoms with Gasteiger partial charge in [-0.1, -0.05) is 33.1 Å². The number of hydrogen-bond donors (Lipinski definition) is 1. The van der Waals surface area contributed by atoms with Crippen molar-refractivity contribution in [2.24, 2.45) is 0 Å². The van der Waals surface area contributed by atoms with Gasteiger partial charge < -0.3 is 24.9 Å². The monoisotopic (exact) mass is 361 g/mol. The molecule has 0 bridgehead atoms. The van der Waals surface area contributed by atoms with Gasteiger partial charge in [-0.15, -0.1) is 0 Å². The molecule has 1 fully saturated rings. The molecule has 0 aliphatic carbocycles. The first-order valence-electron chi connectivity index (χ1n) is 10.9. The molecule has 3 rings (SSSR count). The van der Waals surface area contributed by atoms with Crippen LogP contribution >= 0.6 is 0 Å². The molecule has 3 aliphatic rings. The molecule has 1 unspecified atom stereocenters. The number of hydrogen-bond acceptors (Lipinski definition) is 5. The van der Waals surface area contributed by atoms with Crippen molar-refractivity contribution in [3.8, 4) is 0 Å². The minimum absolute atomic E-state index is 0.632. The smallest absolute Gasteiger partial charge is 0.0894 e. The summed E-state index contributed by atoms with van der Waals surface area (Å²) in [6.45, 7) is 11.4. The topological polar surface area (TPSA) is 25.0 Å². The van der Waals surface area contributed by atoms with E-state index in [1.54, 1.807) is 0 Å². The van der Waals surface area contributed by atoms with Gasteiger partial charge in [-0.25, -0.2) is 0 Å². The Bertz CT molecular complexity index is 423. The lowest BCUT2D eigenvalue weighted by Gasteiger charge is -2.36. The zero-order valence-electron chi connectivity index (χ0n) is 16.9. The van der Waals surface area contributed by atoms with E-state index in [9.17, 15) is 0 Å². The van der Waals surface area contributed by atoms with Gasteiger partial charge in [-0.05, 0) is 25.7 Å². The van der Waals surface area contributed by atoms with Crippen LogP contribution in [-0.4, -0.2) is 71.2 Å². The van der Waals surface area contributed by atoms with Crippen LogP contribution in [0, 0.1) is 0 Å². The predicted molar refractivity (Wildman–Crippen MR) is 109 cm³/mol. The number of unbranched alkanes of at least 4 members (excludes halogenated alkanes) is 2. The van der Waals surface area contributed by atoms with Crippen LogP contribution < -0.4 is 5.32 Å². The van der Waals surface area contributed by atoms with Crippen molar-refractivity contribution in [3.63, 3.8) is 0 Å². The van der Waals surface area contributed by atoms with Crippen LogP contribution in [0.5, 0.6) is 0 Å². The van der Waals surface area contributed by atoms with E-state index in [0.29, 0.717) is 12.1 Å². The molecule has 1 N–H and O–H groups in total. The number of rotatable bonds is 10. The van der Waals surface area contributed by atoms with Gasteiger partial charge in [0, 0.05) is 63.1 Å². The summed E-state index contributed by atoms with van der Waals surface area (Å²) < 4.78 is 0. The molecule has 5 nitrogen and oxygen atoms in total. The van der Waals surface area contributed by atoms with Crippen molar-refractivity contribution in [2.75, 3.05) is 39.5 Å². The Kier molecular flexibility index (Phi) is 7.54. The van der Waals surface area contributed by atoms with Crippen molar-refractivity contribution < 1.29 is 0 Å². The van der Waals surface area contributed by atoms with Crippen molar-refractivity contribution >= 4 is 0 Å². The molecule has 0 amide bonds. The summed E-state index contributed by atoms with van der Waals surface area (Å²) >= 11 is 0. The van der Waals surface area contributed by atoms with Crippen LogP contribution in [0.3, 0.4) is 0 Å². The summed E-state index contributed by atoms with van der Waals surface area (Å²) in [5.41, 5.74) is 0. The van der Waals surface area contributed by atoms with Crippen LogP contribution in [0.25, 0.3) is 0 Å². The number of piperidine rings is 1. The first-order valence-corrected chi connectivity index (χ1v) is 10.9. The Labute approximate surface area is 160 Å². The number of nitrogens with zero attached hydrogens (tertiary/aromatic N) is 4. The van der Waals surface area contributed by atoms with Gasteiger partial charge in [0.15, 0.2) is 0 Å². The first kappa shape index (κ1) is 19.4. The third-order valence-corrected chi connectivity index (χ3v) is 5.79. The second-order valence-corrected chi connectivity index (χ2v) is 8.25. The maximum atomic E-state index is 3.94. The molecule has 0 aromatic rings. The molecule has 0 saturated carbocycles. The lowest BCUT2D eigenvalue weighted by molar-refractivity contribution is 0.187. The Morgan fingerprint density at radius 1 is 0.731 bits per heavy atom. The SMILES string of the molecule is CCCCN1C=CN(CC2CCC[C@H](CN3C=CN(CCCC)C3)N2)C1. The maximum Gasteiger partial charge on any atom is 0.0894 e. The second kappa shape index (κ2) is 10.1. The Morgan fingerprint density at radius 2 is 1.19 bits per heavy atom. The van der Waals surface area contributed by atoms with Crippen molar-refractivity contribution in [1.29, 1.82) is 0 Å². The Morgan fingerprint density at radius 3 is 1.65 bits per heavy atom. The van der Waals surface area contributed by atoms with Crippen LogP contribution in [0.2, 0.25) is 0 Å². The summed E-state index contributed by atoms with van der Waals surface area (Å²) in [5.74, 6) is 0. The fourth-order valence-corrected chi connectivity index (χ4v) is 4.25. The summed E-state index contributed by atoms with van der Waals surface area (Å²) in [4.78, 5) is 9.86. The molecule has 5 heteroatoms. The third-order valence-electron chi connectivity index (χ3n) is 5.79. The van der Waals surface area contributed by atoms with E-state index >= 15 is 0 Å². The van der Waals surface area contributed by atoms with E-state index in [1.807, 2.05) is 0 Å². The van der Waals surface area contributed by atoms with Gasteiger partial charge >= 0.3 is 0 Å². The van der Waals surface area contributed by atoms with E-state index in [0.717, 1.165) is 26.4 Å². The number of nitrogens with one attached hydrogen (secondary N) is 1. The largest absolute Gasteiger partial charge is 0.359 e. The summed E-state index contributed by atoms with van der Waals surface area (Å²) in [7, 11) is 0. The molecule has 0 spiro atoms. The van der Waals surface area contributed by atoms with Gasteiger partial charge in [0.1, 0.15) is 0 Å². The first-order chi connectivity index (χ1) is 12.8. The van der Waals surface area contributed by atoms with Gasteiger partial charge in [0.2, 0.25) is 0 Å². The lowest BCUT2D eigenvalue weighted by Crippen LogP contribution is -2.51. The molecular formula is C21H39N5. The van der Waals surface area contributed by atoms with Gasteiger partial charge in [-0.2, -0.15) is 0 Å². The zero-order valence-corrected chi connectivity index (χ0v) is 16.9. The van der Waals surface area contributed by atoms with Crippen LogP contribution in [0.4, 0.5) is 0 Å². The van der Waals surface area contributed by atoms with Crippen molar-refractivity contribution in [3.05, 3.63) is 24.8 Å². The molecule has 2 atom stereocenters. The maximum absolute atomic E-state index is 3.94. The second-order valence-electron chi connectivity index (χ2n) is 8.25. The van der Waals surface area contributed by atoms with E-state index in [2.05, 4.69) is 63.6 Å². The van der Waals surface area contributed by atoms with Crippen LogP contribution in [-0.2, 0) is 0 Å². The third kappa shape index (κ3) is 5.83. The zero-order chi connectivity index (χ0) is 18.2. The molecule has 3 heterocycles. The van der Waals surface area contributed by atoms with E-state index in [-0.39, 0.29) is 0 Å². The summed E-state index contributed by atoms with van der Waals surface area (Å²) in [6.07, 6.45) is 18.2. The Balaban J connectivity index is 1.36. The highest BCUT2D eigenvalue weighted by Gasteiger charge is 2.25. The molecular weight excluding hydrogens is 322 g/mol. The molecule has 1 saturated heterocycles. The van der Waals surface area contributed by atoms with Gasteiger partial charge in [0.25, 0.3) is 0 Å². The minimum atomic E-state index is 0.632. The lowest BCUT2D eigenvalue weighted by atomic mass is 9.98. The van der Waals surface area contributed by atoms with E-state index in [1.165, 1.54) is 58.0 Å². The molecule has 148 valence electrons. The molecule has 26 heavy (non-hydrogen) atoms. The molecule has 0 radical (unpaired) electrons. The van der Waals surface area contributed by atoms with Gasteiger partial charge in [0.05, 0.1) is 13.3 Å². The fraction of sp³-hybridized carbons (Fsp3) is 0.810. The van der Waals surface area contributed by atoms with Crippen molar-refractivity contribution in [1.82, 2.24) is 24.9 Å². The van der Waals surface area contributed by atoms with Crippen LogP contribution in [0.1, 0.15) is 58.8 Å². The van der Waals surface area contributed by atoms with E-state index in [4.69, 9.17) is 0 Å². The molecule has 0 aromatic heterocycles.